The molecule has 1 fully saturated rings. The van der Waals surface area contributed by atoms with Crippen molar-refractivity contribution in [2.45, 2.75) is 19.6 Å². The smallest absolute Gasteiger partial charge is 0.194 e. The Bertz CT molecular complexity index is 817. The van der Waals surface area contributed by atoms with Crippen LogP contribution in [-0.2, 0) is 16.6 Å². The average molecular weight is 413 g/mol. The van der Waals surface area contributed by atoms with Gasteiger partial charge in [-0.25, -0.2) is 0 Å². The van der Waals surface area contributed by atoms with Gasteiger partial charge in [0.25, 0.3) is 0 Å². The molecule has 0 aromatic heterocycles. The first-order chi connectivity index (χ1) is 14.2. The molecule has 0 spiro atoms. The van der Waals surface area contributed by atoms with Gasteiger partial charge in [0.2, 0.25) is 0 Å². The van der Waals surface area contributed by atoms with Crippen LogP contribution in [0.5, 0.6) is 0 Å². The third kappa shape index (κ3) is 6.60. The van der Waals surface area contributed by atoms with Gasteiger partial charge in [-0.2, -0.15) is 0 Å². The highest BCUT2D eigenvalue weighted by Gasteiger charge is 2.19. The predicted octanol–water partition coefficient (Wildman–Crippen LogP) is 3.03. The molecule has 2 aromatic carbocycles. The number of benzene rings is 2. The molecule has 1 aliphatic heterocycles. The molecule has 1 heterocycles. The number of aryl methyl sites for hydroxylation is 1. The molecule has 1 unspecified atom stereocenters. The van der Waals surface area contributed by atoms with Gasteiger partial charge in [0.1, 0.15) is 0 Å². The fourth-order valence-corrected chi connectivity index (χ4v) is 4.52. The molecule has 156 valence electrons. The number of nitrogens with one attached hydrogen (secondary N) is 1. The second kappa shape index (κ2) is 11.0. The van der Waals surface area contributed by atoms with E-state index in [1.807, 2.05) is 30.3 Å². The van der Waals surface area contributed by atoms with Crippen molar-refractivity contribution in [1.29, 1.82) is 0 Å². The van der Waals surface area contributed by atoms with Gasteiger partial charge in [-0.3, -0.25) is 9.20 Å². The summed E-state index contributed by atoms with van der Waals surface area (Å²) in [6.07, 6.45) is 0. The van der Waals surface area contributed by atoms with Crippen molar-refractivity contribution >= 4 is 22.4 Å². The summed E-state index contributed by atoms with van der Waals surface area (Å²) < 4.78 is 12.4. The van der Waals surface area contributed by atoms with Crippen molar-refractivity contribution in [2.24, 2.45) is 4.99 Å². The molecule has 1 N–H and O–H groups in total. The maximum absolute atomic E-state index is 12.4. The molecule has 0 radical (unpaired) electrons. The van der Waals surface area contributed by atoms with Gasteiger partial charge >= 0.3 is 0 Å². The number of guanidine groups is 1. The quantitative estimate of drug-likeness (QED) is 0.561. The summed E-state index contributed by atoms with van der Waals surface area (Å²) in [6, 6.07) is 18.7. The fourth-order valence-electron chi connectivity index (χ4n) is 3.51. The molecule has 2 aromatic rings. The first-order valence-electron chi connectivity index (χ1n) is 10.4. The van der Waals surface area contributed by atoms with Crippen LogP contribution in [0, 0.1) is 6.92 Å². The third-order valence-corrected chi connectivity index (χ3v) is 6.33. The molecule has 1 aliphatic rings. The standard InChI is InChI=1S/C23H32N4OS/c1-3-24-23(25-12-17-29(28)19-21-9-5-4-6-10-21)27-15-13-26(14-16-27)22-11-7-8-20(2)18-22/h4-11,18H,3,12-17,19H2,1-2H3,(H,24,25). The molecular weight excluding hydrogens is 380 g/mol. The van der Waals surface area contributed by atoms with E-state index in [1.165, 1.54) is 11.3 Å². The summed E-state index contributed by atoms with van der Waals surface area (Å²) in [4.78, 5) is 9.50. The van der Waals surface area contributed by atoms with Crippen LogP contribution >= 0.6 is 0 Å². The van der Waals surface area contributed by atoms with Gasteiger partial charge in [-0.1, -0.05) is 42.5 Å². The first kappa shape index (κ1) is 21.4. The van der Waals surface area contributed by atoms with E-state index in [9.17, 15) is 4.21 Å². The van der Waals surface area contributed by atoms with Crippen molar-refractivity contribution in [2.75, 3.05) is 49.9 Å². The Morgan fingerprint density at radius 2 is 1.83 bits per heavy atom. The van der Waals surface area contributed by atoms with Crippen LogP contribution in [0.2, 0.25) is 0 Å². The number of rotatable bonds is 7. The van der Waals surface area contributed by atoms with E-state index in [-0.39, 0.29) is 0 Å². The second-order valence-electron chi connectivity index (χ2n) is 7.32. The second-order valence-corrected chi connectivity index (χ2v) is 8.90. The summed E-state index contributed by atoms with van der Waals surface area (Å²) in [7, 11) is -0.891. The third-order valence-electron chi connectivity index (χ3n) is 5.03. The van der Waals surface area contributed by atoms with Crippen LogP contribution in [0.1, 0.15) is 18.1 Å². The highest BCUT2D eigenvalue weighted by Crippen LogP contribution is 2.17. The Morgan fingerprint density at radius 1 is 1.07 bits per heavy atom. The number of hydrogen-bond acceptors (Lipinski definition) is 3. The van der Waals surface area contributed by atoms with Crippen molar-refractivity contribution < 1.29 is 4.21 Å². The van der Waals surface area contributed by atoms with Crippen molar-refractivity contribution in [3.05, 3.63) is 65.7 Å². The monoisotopic (exact) mass is 412 g/mol. The minimum Gasteiger partial charge on any atom is -0.368 e. The van der Waals surface area contributed by atoms with E-state index in [0.717, 1.165) is 44.2 Å². The molecule has 0 aliphatic carbocycles. The molecule has 29 heavy (non-hydrogen) atoms. The van der Waals surface area contributed by atoms with E-state index < -0.39 is 10.8 Å². The lowest BCUT2D eigenvalue weighted by atomic mass is 10.2. The van der Waals surface area contributed by atoms with Crippen LogP contribution in [0.25, 0.3) is 0 Å². The molecule has 0 amide bonds. The zero-order valence-electron chi connectivity index (χ0n) is 17.5. The van der Waals surface area contributed by atoms with E-state index in [1.54, 1.807) is 0 Å². The maximum Gasteiger partial charge on any atom is 0.194 e. The highest BCUT2D eigenvalue weighted by atomic mass is 32.2. The lowest BCUT2D eigenvalue weighted by molar-refractivity contribution is 0.373. The fraction of sp³-hybridized carbons (Fsp3) is 0.435. The van der Waals surface area contributed by atoms with Crippen molar-refractivity contribution in [3.63, 3.8) is 0 Å². The van der Waals surface area contributed by atoms with Crippen LogP contribution < -0.4 is 10.2 Å². The molecule has 6 heteroatoms. The minimum absolute atomic E-state index is 0.583. The van der Waals surface area contributed by atoms with Gasteiger partial charge in [-0.05, 0) is 37.1 Å². The maximum atomic E-state index is 12.4. The summed E-state index contributed by atoms with van der Waals surface area (Å²) in [5.74, 6) is 2.13. The molecule has 0 saturated carbocycles. The number of anilines is 1. The van der Waals surface area contributed by atoms with Crippen LogP contribution in [0.15, 0.2) is 59.6 Å². The average Bonchev–Trinajstić information content (AvgIpc) is 2.74. The van der Waals surface area contributed by atoms with Gasteiger partial charge in [-0.15, -0.1) is 0 Å². The largest absolute Gasteiger partial charge is 0.368 e. The predicted molar refractivity (Wildman–Crippen MR) is 124 cm³/mol. The molecular formula is C23H32N4OS. The zero-order valence-corrected chi connectivity index (χ0v) is 18.3. The molecule has 1 saturated heterocycles. The van der Waals surface area contributed by atoms with Gasteiger partial charge in [0.05, 0.1) is 6.54 Å². The summed E-state index contributed by atoms with van der Waals surface area (Å²) in [5, 5.41) is 3.40. The Labute approximate surface area is 177 Å². The van der Waals surface area contributed by atoms with E-state index >= 15 is 0 Å². The Morgan fingerprint density at radius 3 is 2.52 bits per heavy atom. The first-order valence-corrected chi connectivity index (χ1v) is 11.9. The normalized spacial score (nSPS) is 16.0. The van der Waals surface area contributed by atoms with Gasteiger partial charge in [0, 0.05) is 60.7 Å². The molecule has 0 bridgehead atoms. The number of aliphatic imine (C=N–C) groups is 1. The minimum atomic E-state index is -0.891. The van der Waals surface area contributed by atoms with Crippen molar-refractivity contribution in [3.8, 4) is 0 Å². The lowest BCUT2D eigenvalue weighted by Gasteiger charge is -2.37. The summed E-state index contributed by atoms with van der Waals surface area (Å²) in [6.45, 7) is 9.48. The topological polar surface area (TPSA) is 47.9 Å². The van der Waals surface area contributed by atoms with Crippen LogP contribution in [0.4, 0.5) is 5.69 Å². The van der Waals surface area contributed by atoms with Crippen LogP contribution in [-0.4, -0.2) is 60.1 Å². The number of nitrogens with zero attached hydrogens (tertiary/aromatic N) is 3. The lowest BCUT2D eigenvalue weighted by Crippen LogP contribution is -2.52. The molecule has 3 rings (SSSR count). The Balaban J connectivity index is 1.51. The van der Waals surface area contributed by atoms with E-state index in [0.29, 0.717) is 18.1 Å². The van der Waals surface area contributed by atoms with Gasteiger partial charge in [0.15, 0.2) is 5.96 Å². The molecule has 1 atom stereocenters. The number of hydrogen-bond donors (Lipinski definition) is 1. The van der Waals surface area contributed by atoms with Crippen LogP contribution in [0.3, 0.4) is 0 Å². The summed E-state index contributed by atoms with van der Waals surface area (Å²) >= 11 is 0. The number of piperazine rings is 1. The highest BCUT2D eigenvalue weighted by molar-refractivity contribution is 7.84. The summed E-state index contributed by atoms with van der Waals surface area (Å²) in [5.41, 5.74) is 3.71. The Kier molecular flexibility index (Phi) is 8.11. The zero-order chi connectivity index (χ0) is 20.5. The van der Waals surface area contributed by atoms with Gasteiger partial charge < -0.3 is 15.1 Å². The molecule has 5 nitrogen and oxygen atoms in total. The SMILES string of the molecule is CCNC(=NCCS(=O)Cc1ccccc1)N1CCN(c2cccc(C)c2)CC1. The van der Waals surface area contributed by atoms with E-state index in [2.05, 4.69) is 53.2 Å². The van der Waals surface area contributed by atoms with Crippen molar-refractivity contribution in [1.82, 2.24) is 10.2 Å². The van der Waals surface area contributed by atoms with E-state index in [4.69, 9.17) is 4.99 Å². The Hall–Kier alpha value is -2.34.